The predicted octanol–water partition coefficient (Wildman–Crippen LogP) is 2.23. The van der Waals surface area contributed by atoms with Crippen LogP contribution in [0.1, 0.15) is 35.8 Å². The average Bonchev–Trinajstić information content (AvgIpc) is 3.26. The van der Waals surface area contributed by atoms with Crippen LogP contribution in [0.3, 0.4) is 0 Å². The normalized spacial score (nSPS) is 14.2. The molecule has 1 heterocycles. The third-order valence-electron chi connectivity index (χ3n) is 3.46. The molecule has 1 aromatic heterocycles. The van der Waals surface area contributed by atoms with Gasteiger partial charge in [0.2, 0.25) is 5.91 Å². The van der Waals surface area contributed by atoms with Gasteiger partial charge in [-0.2, -0.15) is 5.26 Å². The van der Waals surface area contributed by atoms with Gasteiger partial charge in [0.1, 0.15) is 5.76 Å². The van der Waals surface area contributed by atoms with Crippen molar-refractivity contribution in [3.05, 3.63) is 45.8 Å². The van der Waals surface area contributed by atoms with Crippen LogP contribution < -0.4 is 4.72 Å². The van der Waals surface area contributed by atoms with Gasteiger partial charge in [-0.3, -0.25) is 4.79 Å². The Kier molecular flexibility index (Phi) is 4.43. The molecule has 0 radical (unpaired) electrons. The molecule has 1 fully saturated rings. The summed E-state index contributed by atoms with van der Waals surface area (Å²) in [4.78, 5) is 11.8. The number of nitrogens with zero attached hydrogens (tertiary/aromatic N) is 2. The van der Waals surface area contributed by atoms with Gasteiger partial charge in [0, 0.05) is 16.5 Å². The average molecular weight is 410 g/mol. The zero-order chi connectivity index (χ0) is 17.3. The molecule has 1 amide bonds. The molecule has 0 bridgehead atoms. The van der Waals surface area contributed by atoms with Crippen molar-refractivity contribution in [3.8, 4) is 6.07 Å². The van der Waals surface area contributed by atoms with Crippen LogP contribution in [-0.4, -0.2) is 19.5 Å². The van der Waals surface area contributed by atoms with E-state index in [0.29, 0.717) is 16.1 Å². The first-order chi connectivity index (χ1) is 11.4. The van der Waals surface area contributed by atoms with Crippen LogP contribution in [0.5, 0.6) is 0 Å². The molecule has 1 aromatic carbocycles. The van der Waals surface area contributed by atoms with Crippen LogP contribution in [0.4, 0.5) is 0 Å². The molecule has 0 atom stereocenters. The van der Waals surface area contributed by atoms with Crippen LogP contribution in [0.2, 0.25) is 0 Å². The highest BCUT2D eigenvalue weighted by Crippen LogP contribution is 2.40. The van der Waals surface area contributed by atoms with Gasteiger partial charge in [-0.15, -0.1) is 0 Å². The van der Waals surface area contributed by atoms with E-state index in [2.05, 4.69) is 21.1 Å². The molecule has 24 heavy (non-hydrogen) atoms. The number of nitrogens with one attached hydrogen (secondary N) is 1. The number of hydrogen-bond donors (Lipinski definition) is 1. The van der Waals surface area contributed by atoms with E-state index >= 15 is 0 Å². The van der Waals surface area contributed by atoms with Crippen molar-refractivity contribution in [1.82, 2.24) is 9.88 Å². The van der Waals surface area contributed by atoms with Crippen molar-refractivity contribution in [2.24, 2.45) is 0 Å². The monoisotopic (exact) mass is 409 g/mol. The molecular formula is C15H12BrN3O4S. The van der Waals surface area contributed by atoms with Crippen LogP contribution in [0.25, 0.3) is 0 Å². The fourth-order valence-corrected chi connectivity index (χ4v) is 3.86. The van der Waals surface area contributed by atoms with E-state index in [9.17, 15) is 13.2 Å². The SMILES string of the molecule is N#Cc1cc(Br)cc(S(=O)(=O)NC(=O)Cc2cc(C3CC3)on2)c1. The summed E-state index contributed by atoms with van der Waals surface area (Å²) < 4.78 is 32.1. The number of carbonyl (C=O) groups excluding carboxylic acids is 1. The summed E-state index contributed by atoms with van der Waals surface area (Å²) in [6.45, 7) is 0. The highest BCUT2D eigenvalue weighted by Gasteiger charge is 2.28. The summed E-state index contributed by atoms with van der Waals surface area (Å²) >= 11 is 3.14. The second-order valence-corrected chi connectivity index (χ2v) is 8.09. The first-order valence-corrected chi connectivity index (χ1v) is 9.37. The molecule has 1 aliphatic carbocycles. The first-order valence-electron chi connectivity index (χ1n) is 7.09. The number of sulfonamides is 1. The fraction of sp³-hybridized carbons (Fsp3) is 0.267. The number of aromatic nitrogens is 1. The Morgan fingerprint density at radius 3 is 2.79 bits per heavy atom. The van der Waals surface area contributed by atoms with E-state index in [1.807, 2.05) is 10.8 Å². The summed E-state index contributed by atoms with van der Waals surface area (Å²) in [5, 5.41) is 12.7. The Morgan fingerprint density at radius 2 is 2.12 bits per heavy atom. The maximum atomic E-state index is 12.3. The predicted molar refractivity (Wildman–Crippen MR) is 86.4 cm³/mol. The van der Waals surface area contributed by atoms with Gasteiger partial charge in [-0.25, -0.2) is 13.1 Å². The molecule has 1 N–H and O–H groups in total. The van der Waals surface area contributed by atoms with Gasteiger partial charge in [0.15, 0.2) is 0 Å². The van der Waals surface area contributed by atoms with Crippen molar-refractivity contribution < 1.29 is 17.7 Å². The minimum Gasteiger partial charge on any atom is -0.361 e. The molecule has 7 nitrogen and oxygen atoms in total. The molecule has 0 saturated heterocycles. The molecular weight excluding hydrogens is 398 g/mol. The maximum absolute atomic E-state index is 12.3. The summed E-state index contributed by atoms with van der Waals surface area (Å²) in [7, 11) is -4.07. The molecule has 1 aliphatic rings. The minimum absolute atomic E-state index is 0.166. The zero-order valence-corrected chi connectivity index (χ0v) is 14.7. The highest BCUT2D eigenvalue weighted by atomic mass is 79.9. The molecule has 1 saturated carbocycles. The van der Waals surface area contributed by atoms with Crippen molar-refractivity contribution in [2.45, 2.75) is 30.1 Å². The quantitative estimate of drug-likeness (QED) is 0.809. The third kappa shape index (κ3) is 3.83. The van der Waals surface area contributed by atoms with Crippen LogP contribution >= 0.6 is 15.9 Å². The van der Waals surface area contributed by atoms with Crippen LogP contribution in [0, 0.1) is 11.3 Å². The number of nitriles is 1. The highest BCUT2D eigenvalue weighted by molar-refractivity contribution is 9.10. The van der Waals surface area contributed by atoms with Gasteiger partial charge in [0.05, 0.1) is 28.6 Å². The Bertz CT molecular complexity index is 942. The van der Waals surface area contributed by atoms with Crippen LogP contribution in [-0.2, 0) is 21.2 Å². The molecule has 3 rings (SSSR count). The largest absolute Gasteiger partial charge is 0.361 e. The van der Waals surface area contributed by atoms with Gasteiger partial charge in [0.25, 0.3) is 10.0 Å². The number of amides is 1. The van der Waals surface area contributed by atoms with E-state index in [0.717, 1.165) is 18.6 Å². The second kappa shape index (κ2) is 6.37. The Morgan fingerprint density at radius 1 is 1.38 bits per heavy atom. The van der Waals surface area contributed by atoms with Crippen molar-refractivity contribution in [2.75, 3.05) is 0 Å². The Labute approximate surface area is 146 Å². The van der Waals surface area contributed by atoms with Crippen molar-refractivity contribution in [3.63, 3.8) is 0 Å². The minimum atomic E-state index is -4.07. The molecule has 0 aliphatic heterocycles. The standard InChI is InChI=1S/C15H12BrN3O4S/c16-11-3-9(8-17)4-13(5-11)24(21,22)19-15(20)7-12-6-14(23-18-12)10-1-2-10/h3-6,10H,1-2,7H2,(H,19,20). The van der Waals surface area contributed by atoms with Gasteiger partial charge >= 0.3 is 0 Å². The van der Waals surface area contributed by atoms with E-state index in [1.54, 1.807) is 6.07 Å². The van der Waals surface area contributed by atoms with E-state index in [4.69, 9.17) is 9.78 Å². The van der Waals surface area contributed by atoms with Gasteiger partial charge in [-0.05, 0) is 31.0 Å². The summed E-state index contributed by atoms with van der Waals surface area (Å²) in [5.74, 6) is 0.375. The number of hydrogen-bond acceptors (Lipinski definition) is 6. The maximum Gasteiger partial charge on any atom is 0.264 e. The smallest absolute Gasteiger partial charge is 0.264 e. The summed E-state index contributed by atoms with van der Waals surface area (Å²) in [6.07, 6.45) is 1.88. The van der Waals surface area contributed by atoms with E-state index < -0.39 is 15.9 Å². The molecule has 0 unspecified atom stereocenters. The topological polar surface area (TPSA) is 113 Å². The summed E-state index contributed by atoms with van der Waals surface area (Å²) in [6, 6.07) is 7.54. The van der Waals surface area contributed by atoms with E-state index in [-0.39, 0.29) is 16.9 Å². The molecule has 0 spiro atoms. The lowest BCUT2D eigenvalue weighted by Gasteiger charge is -2.07. The lowest BCUT2D eigenvalue weighted by Crippen LogP contribution is -2.32. The van der Waals surface area contributed by atoms with Crippen molar-refractivity contribution >= 4 is 31.9 Å². The fourth-order valence-electron chi connectivity index (χ4n) is 2.16. The zero-order valence-electron chi connectivity index (χ0n) is 12.3. The van der Waals surface area contributed by atoms with E-state index in [1.165, 1.54) is 18.2 Å². The second-order valence-electron chi connectivity index (χ2n) is 5.49. The lowest BCUT2D eigenvalue weighted by atomic mass is 10.2. The molecule has 124 valence electrons. The molecule has 9 heteroatoms. The van der Waals surface area contributed by atoms with Gasteiger partial charge < -0.3 is 4.52 Å². The number of rotatable bonds is 5. The molecule has 2 aromatic rings. The Balaban J connectivity index is 1.72. The van der Waals surface area contributed by atoms with Gasteiger partial charge in [-0.1, -0.05) is 21.1 Å². The number of halogens is 1. The summed E-state index contributed by atoms with van der Waals surface area (Å²) in [5.41, 5.74) is 0.555. The van der Waals surface area contributed by atoms with Crippen molar-refractivity contribution in [1.29, 1.82) is 5.26 Å². The first kappa shape index (κ1) is 16.7. The number of benzene rings is 1. The lowest BCUT2D eigenvalue weighted by molar-refractivity contribution is -0.118. The third-order valence-corrected chi connectivity index (χ3v) is 5.27. The van der Waals surface area contributed by atoms with Crippen LogP contribution in [0.15, 0.2) is 38.2 Å². The number of carbonyl (C=O) groups is 1. The Hall–Kier alpha value is -2.18.